The second-order valence-electron chi connectivity index (χ2n) is 13.7. The van der Waals surface area contributed by atoms with E-state index in [9.17, 15) is 32.7 Å². The van der Waals surface area contributed by atoms with E-state index >= 15 is 4.79 Å². The van der Waals surface area contributed by atoms with Gasteiger partial charge in [0.1, 0.15) is 11.5 Å². The molecule has 2 aliphatic carbocycles. The van der Waals surface area contributed by atoms with Gasteiger partial charge in [0.15, 0.2) is 5.82 Å². The third-order valence-electron chi connectivity index (χ3n) is 11.1. The number of nitrogens with zero attached hydrogens (tertiary/aromatic N) is 3. The molecule has 1 saturated carbocycles. The number of nitrogens with one attached hydrogen (secondary N) is 1. The number of carbonyl (C=O) groups is 4. The van der Waals surface area contributed by atoms with Gasteiger partial charge in [-0.2, -0.15) is 18.2 Å². The van der Waals surface area contributed by atoms with E-state index < -0.39 is 75.4 Å². The van der Waals surface area contributed by atoms with Crippen molar-refractivity contribution in [1.82, 2.24) is 9.99 Å². The van der Waals surface area contributed by atoms with Crippen LogP contribution in [0.4, 0.5) is 24.7 Å². The normalized spacial score (nSPS) is 26.3. The van der Waals surface area contributed by atoms with E-state index in [0.717, 1.165) is 4.90 Å². The molecule has 0 radical (unpaired) electrons. The summed E-state index contributed by atoms with van der Waals surface area (Å²) >= 11 is 12.6. The maximum absolute atomic E-state index is 15.3. The average Bonchev–Trinajstić information content (AvgIpc) is 3.53. The van der Waals surface area contributed by atoms with Crippen molar-refractivity contribution in [3.63, 3.8) is 0 Å². The van der Waals surface area contributed by atoms with Crippen LogP contribution in [0.1, 0.15) is 35.4 Å². The fraction of sp³-hybridized carbons (Fsp3) is 0.256. The molecule has 4 amide bonds. The predicted octanol–water partition coefficient (Wildman–Crippen LogP) is 7.31. The Balaban J connectivity index is 1.34. The number of amides is 4. The number of aromatic nitrogens is 1. The molecule has 0 bridgehead atoms. The van der Waals surface area contributed by atoms with Crippen molar-refractivity contribution in [2.24, 2.45) is 23.7 Å². The third-order valence-corrected chi connectivity index (χ3v) is 11.7. The maximum atomic E-state index is 15.3. The molecule has 8 rings (SSSR count). The van der Waals surface area contributed by atoms with Crippen molar-refractivity contribution >= 4 is 58.3 Å². The summed E-state index contributed by atoms with van der Waals surface area (Å²) in [6.07, 6.45) is -2.37. The van der Waals surface area contributed by atoms with Gasteiger partial charge >= 0.3 is 6.18 Å². The van der Waals surface area contributed by atoms with Crippen molar-refractivity contribution in [2.45, 2.75) is 30.4 Å². The summed E-state index contributed by atoms with van der Waals surface area (Å²) in [6, 6.07) is 20.0. The highest BCUT2D eigenvalue weighted by molar-refractivity contribution is 6.33. The first-order chi connectivity index (χ1) is 25.8. The number of phenolic OH excluding ortho intramolecular Hbond substituents is 1. The zero-order valence-electron chi connectivity index (χ0n) is 28.2. The second-order valence-corrected chi connectivity index (χ2v) is 14.5. The average molecular weight is 778 g/mol. The van der Waals surface area contributed by atoms with Crippen molar-refractivity contribution in [3.05, 3.63) is 123 Å². The standard InChI is InChI=1S/C39H29Cl2F3N4O6/c1-54-29-9-5-8-28(49)31(29)32-23-14-15-24-30(36(52)47(34(24)50)22-6-3-2-4-7-22)25(23)17-26-35(51)48(37(53)38(26,32)19-10-12-21(40)13-11-19)46-33-27(41)16-20(18-45-33)39(42,43)44/h2-14,16,18,24-26,30,32,49H,15,17H2,1H3,(H,45,46)/t24-,25+,26-,30-,32+,38+/m0/s1. The van der Waals surface area contributed by atoms with E-state index in [0.29, 0.717) is 39.1 Å². The number of rotatable bonds is 6. The number of hydrogen-bond acceptors (Lipinski definition) is 8. The van der Waals surface area contributed by atoms with Crippen LogP contribution in [-0.4, -0.2) is 45.8 Å². The molecule has 2 aliphatic heterocycles. The van der Waals surface area contributed by atoms with Crippen LogP contribution < -0.4 is 15.1 Å². The van der Waals surface area contributed by atoms with Crippen LogP contribution >= 0.6 is 23.2 Å². The first kappa shape index (κ1) is 35.6. The fourth-order valence-corrected chi connectivity index (χ4v) is 9.26. The number of anilines is 2. The van der Waals surface area contributed by atoms with Gasteiger partial charge in [-0.15, -0.1) is 0 Å². The van der Waals surface area contributed by atoms with E-state index in [1.807, 2.05) is 6.08 Å². The van der Waals surface area contributed by atoms with Crippen LogP contribution in [0.2, 0.25) is 10.0 Å². The maximum Gasteiger partial charge on any atom is 0.417 e. The molecule has 276 valence electrons. The minimum atomic E-state index is -4.76. The van der Waals surface area contributed by atoms with Crippen LogP contribution in [0.15, 0.2) is 96.7 Å². The molecule has 0 spiro atoms. The highest BCUT2D eigenvalue weighted by Gasteiger charge is 2.71. The van der Waals surface area contributed by atoms with Gasteiger partial charge in [0.25, 0.3) is 11.8 Å². The lowest BCUT2D eigenvalue weighted by Gasteiger charge is -2.50. The zero-order chi connectivity index (χ0) is 38.3. The number of carbonyl (C=O) groups excluding carboxylic acids is 4. The van der Waals surface area contributed by atoms with Gasteiger partial charge in [0.05, 0.1) is 46.6 Å². The quantitative estimate of drug-likeness (QED) is 0.154. The molecule has 1 aromatic heterocycles. The second kappa shape index (κ2) is 12.9. The van der Waals surface area contributed by atoms with Crippen molar-refractivity contribution in [3.8, 4) is 11.5 Å². The number of methoxy groups -OCH3 is 1. The molecule has 15 heteroatoms. The Kier molecular flexibility index (Phi) is 8.49. The lowest BCUT2D eigenvalue weighted by Crippen LogP contribution is -2.53. The summed E-state index contributed by atoms with van der Waals surface area (Å²) < 4.78 is 46.2. The molecule has 4 aliphatic rings. The Hall–Kier alpha value is -5.40. The molecule has 4 aromatic rings. The summed E-state index contributed by atoms with van der Waals surface area (Å²) in [5.41, 5.74) is 1.06. The van der Waals surface area contributed by atoms with Crippen molar-refractivity contribution < 1.29 is 42.2 Å². The summed E-state index contributed by atoms with van der Waals surface area (Å²) in [5.74, 6) is -7.78. The minimum Gasteiger partial charge on any atom is -0.508 e. The molecule has 54 heavy (non-hydrogen) atoms. The number of ether oxygens (including phenoxy) is 1. The number of fused-ring (bicyclic) bond motifs is 4. The first-order valence-electron chi connectivity index (χ1n) is 16.9. The lowest BCUT2D eigenvalue weighted by atomic mass is 9.49. The van der Waals surface area contributed by atoms with E-state index in [-0.39, 0.29) is 35.7 Å². The van der Waals surface area contributed by atoms with Crippen LogP contribution in [0.25, 0.3) is 0 Å². The Morgan fingerprint density at radius 3 is 2.31 bits per heavy atom. The number of benzene rings is 3. The monoisotopic (exact) mass is 776 g/mol. The van der Waals surface area contributed by atoms with Gasteiger partial charge in [0.2, 0.25) is 11.8 Å². The van der Waals surface area contributed by atoms with E-state index in [1.165, 1.54) is 13.2 Å². The van der Waals surface area contributed by atoms with E-state index in [1.54, 1.807) is 66.7 Å². The molecule has 0 unspecified atom stereocenters. The molecule has 3 aromatic carbocycles. The summed E-state index contributed by atoms with van der Waals surface area (Å²) in [4.78, 5) is 63.5. The minimum absolute atomic E-state index is 0.0827. The molecular formula is C39H29Cl2F3N4O6. The summed E-state index contributed by atoms with van der Waals surface area (Å²) in [5, 5.41) is 12.2. The van der Waals surface area contributed by atoms with Gasteiger partial charge < -0.3 is 9.84 Å². The number of imide groups is 2. The Morgan fingerprint density at radius 1 is 0.926 bits per heavy atom. The third kappa shape index (κ3) is 5.19. The van der Waals surface area contributed by atoms with Gasteiger partial charge in [-0.1, -0.05) is 71.2 Å². The molecule has 6 atom stereocenters. The number of phenols is 1. The van der Waals surface area contributed by atoms with E-state index in [4.69, 9.17) is 27.9 Å². The van der Waals surface area contributed by atoms with Crippen LogP contribution in [0, 0.1) is 23.7 Å². The van der Waals surface area contributed by atoms with Gasteiger partial charge in [-0.25, -0.2) is 4.98 Å². The van der Waals surface area contributed by atoms with Gasteiger partial charge in [-0.05, 0) is 66.8 Å². The number of alkyl halides is 3. The number of allylic oxidation sites excluding steroid dienone is 2. The Labute approximate surface area is 316 Å². The van der Waals surface area contributed by atoms with Crippen molar-refractivity contribution in [1.29, 1.82) is 0 Å². The zero-order valence-corrected chi connectivity index (χ0v) is 29.7. The number of aromatic hydroxyl groups is 1. The van der Waals surface area contributed by atoms with Crippen LogP contribution in [0.3, 0.4) is 0 Å². The number of para-hydroxylation sites is 1. The number of halogens is 5. The smallest absolute Gasteiger partial charge is 0.417 e. The molecule has 2 saturated heterocycles. The molecular weight excluding hydrogens is 748 g/mol. The largest absolute Gasteiger partial charge is 0.508 e. The highest BCUT2D eigenvalue weighted by Crippen LogP contribution is 2.66. The number of hydrogen-bond donors (Lipinski definition) is 2. The van der Waals surface area contributed by atoms with Gasteiger partial charge in [0, 0.05) is 22.7 Å². The topological polar surface area (TPSA) is 129 Å². The lowest BCUT2D eigenvalue weighted by molar-refractivity contribution is -0.139. The molecule has 2 N–H and O–H groups in total. The SMILES string of the molecule is COc1cccc(O)c1[C@H]1C2=CC[C@@H]3C(=O)N(c4ccccc4)C(=O)[C@@H]3[C@@H]2C[C@H]2C(=O)N(Nc3ncc(C(F)(F)F)cc3Cl)C(=O)[C@@]12c1ccc(Cl)cc1. The Morgan fingerprint density at radius 2 is 1.65 bits per heavy atom. The fourth-order valence-electron chi connectivity index (χ4n) is 8.93. The number of pyridine rings is 1. The summed E-state index contributed by atoms with van der Waals surface area (Å²) in [7, 11) is 1.39. The molecule has 10 nitrogen and oxygen atoms in total. The number of hydrazine groups is 1. The van der Waals surface area contributed by atoms with Gasteiger partial charge in [-0.3, -0.25) is 29.5 Å². The molecule has 3 heterocycles. The van der Waals surface area contributed by atoms with E-state index in [2.05, 4.69) is 10.4 Å². The Bertz CT molecular complexity index is 2270. The first-order valence-corrected chi connectivity index (χ1v) is 17.7. The van der Waals surface area contributed by atoms with Crippen LogP contribution in [0.5, 0.6) is 11.5 Å². The molecule has 3 fully saturated rings. The predicted molar refractivity (Wildman–Crippen MR) is 190 cm³/mol. The summed E-state index contributed by atoms with van der Waals surface area (Å²) in [6.45, 7) is 0. The highest BCUT2D eigenvalue weighted by atomic mass is 35.5. The van der Waals surface area contributed by atoms with Crippen LogP contribution in [-0.2, 0) is 30.8 Å². The van der Waals surface area contributed by atoms with Crippen molar-refractivity contribution in [2.75, 3.05) is 17.4 Å².